The molecular formula is C20H18F3N5O3. The number of hydrogen-bond acceptors (Lipinski definition) is 6. The Morgan fingerprint density at radius 2 is 2.03 bits per heavy atom. The Morgan fingerprint density at radius 1 is 1.32 bits per heavy atom. The van der Waals surface area contributed by atoms with Crippen LogP contribution in [0, 0.1) is 5.82 Å². The lowest BCUT2D eigenvalue weighted by molar-refractivity contribution is -0.000936. The topological polar surface area (TPSA) is 122 Å². The predicted molar refractivity (Wildman–Crippen MR) is 107 cm³/mol. The van der Waals surface area contributed by atoms with Crippen LogP contribution in [0.3, 0.4) is 0 Å². The van der Waals surface area contributed by atoms with Crippen LogP contribution in [0.1, 0.15) is 21.5 Å². The molecule has 31 heavy (non-hydrogen) atoms. The standard InChI is InChI=1S/C20H18F3N5O3/c21-12-3-1-10(2-4-12)5-11-6-25-15-16-14(11)26-7-20(22,23)8-28(16)19(31)13(17(15)29)18(30)27-9-24/h1-4,6,26,29H,5,7-9,24H2,(H,27,30). The molecule has 8 nitrogen and oxygen atoms in total. The van der Waals surface area contributed by atoms with E-state index in [4.69, 9.17) is 5.73 Å². The average Bonchev–Trinajstić information content (AvgIpc) is 2.86. The summed E-state index contributed by atoms with van der Waals surface area (Å²) >= 11 is 0. The quantitative estimate of drug-likeness (QED) is 0.463. The molecule has 3 aromatic rings. The fourth-order valence-corrected chi connectivity index (χ4v) is 3.63. The van der Waals surface area contributed by atoms with Gasteiger partial charge in [0, 0.05) is 18.2 Å². The highest BCUT2D eigenvalue weighted by molar-refractivity contribution is 6.04. The number of carbonyl (C=O) groups excluding carboxylic acids is 1. The summed E-state index contributed by atoms with van der Waals surface area (Å²) in [6.45, 7) is -2.09. The van der Waals surface area contributed by atoms with E-state index in [1.54, 1.807) is 12.1 Å². The molecule has 2 aromatic heterocycles. The van der Waals surface area contributed by atoms with Crippen LogP contribution in [0.5, 0.6) is 5.75 Å². The number of carbonyl (C=O) groups is 1. The highest BCUT2D eigenvalue weighted by atomic mass is 19.3. The SMILES string of the molecule is NCNC(=O)c1c(O)c2ncc(Cc3ccc(F)cc3)c3c2n(c1=O)CC(F)(F)CN3. The number of halogens is 3. The third-order valence-corrected chi connectivity index (χ3v) is 5.03. The number of hydrogen-bond donors (Lipinski definition) is 4. The number of anilines is 1. The Kier molecular flexibility index (Phi) is 5.05. The average molecular weight is 433 g/mol. The van der Waals surface area contributed by atoms with Gasteiger partial charge in [-0.2, -0.15) is 0 Å². The second-order valence-corrected chi connectivity index (χ2v) is 7.19. The van der Waals surface area contributed by atoms with Crippen molar-refractivity contribution < 1.29 is 23.1 Å². The molecule has 3 heterocycles. The van der Waals surface area contributed by atoms with Crippen LogP contribution in [-0.4, -0.2) is 39.7 Å². The zero-order valence-corrected chi connectivity index (χ0v) is 16.1. The molecule has 1 aliphatic rings. The van der Waals surface area contributed by atoms with Gasteiger partial charge in [0.1, 0.15) is 16.9 Å². The number of rotatable bonds is 4. The molecule has 11 heteroatoms. The molecule has 5 N–H and O–H groups in total. The van der Waals surface area contributed by atoms with Crippen LogP contribution >= 0.6 is 0 Å². The molecule has 0 unspecified atom stereocenters. The number of nitrogens with one attached hydrogen (secondary N) is 2. The molecular weight excluding hydrogens is 415 g/mol. The number of aromatic hydroxyl groups is 1. The molecule has 0 radical (unpaired) electrons. The molecule has 1 amide bonds. The third kappa shape index (κ3) is 3.67. The summed E-state index contributed by atoms with van der Waals surface area (Å²) in [6.07, 6.45) is 1.57. The number of pyridine rings is 2. The van der Waals surface area contributed by atoms with Crippen molar-refractivity contribution >= 4 is 22.6 Å². The largest absolute Gasteiger partial charge is 0.505 e. The Labute approximate surface area is 173 Å². The van der Waals surface area contributed by atoms with E-state index in [1.165, 1.54) is 18.3 Å². The van der Waals surface area contributed by atoms with Crippen LogP contribution in [-0.2, 0) is 13.0 Å². The zero-order chi connectivity index (χ0) is 22.3. The van der Waals surface area contributed by atoms with Crippen LogP contribution in [0.15, 0.2) is 35.3 Å². The van der Waals surface area contributed by atoms with Crippen molar-refractivity contribution in [2.75, 3.05) is 18.5 Å². The van der Waals surface area contributed by atoms with E-state index < -0.39 is 47.6 Å². The molecule has 162 valence electrons. The highest BCUT2D eigenvalue weighted by Gasteiger charge is 2.36. The number of aromatic nitrogens is 2. The van der Waals surface area contributed by atoms with Crippen molar-refractivity contribution in [2.45, 2.75) is 18.9 Å². The molecule has 0 spiro atoms. The van der Waals surface area contributed by atoms with Gasteiger partial charge in [-0.05, 0) is 17.7 Å². The van der Waals surface area contributed by atoms with Crippen molar-refractivity contribution in [3.05, 3.63) is 63.3 Å². The van der Waals surface area contributed by atoms with Crippen molar-refractivity contribution in [1.82, 2.24) is 14.9 Å². The monoisotopic (exact) mass is 433 g/mol. The van der Waals surface area contributed by atoms with E-state index >= 15 is 0 Å². The second kappa shape index (κ2) is 7.58. The molecule has 0 fully saturated rings. The van der Waals surface area contributed by atoms with Gasteiger partial charge < -0.3 is 21.5 Å². The molecule has 0 bridgehead atoms. The lowest BCUT2D eigenvalue weighted by Crippen LogP contribution is -2.39. The molecule has 1 aliphatic heterocycles. The maximum absolute atomic E-state index is 14.5. The lowest BCUT2D eigenvalue weighted by atomic mass is 10.0. The first-order valence-corrected chi connectivity index (χ1v) is 9.33. The maximum Gasteiger partial charge on any atom is 0.282 e. The van der Waals surface area contributed by atoms with Crippen LogP contribution in [0.2, 0.25) is 0 Å². The Balaban J connectivity index is 1.98. The van der Waals surface area contributed by atoms with Crippen LogP contribution in [0.25, 0.3) is 11.0 Å². The van der Waals surface area contributed by atoms with E-state index in [2.05, 4.69) is 15.6 Å². The molecule has 1 aromatic carbocycles. The van der Waals surface area contributed by atoms with Gasteiger partial charge in [0.05, 0.1) is 31.0 Å². The summed E-state index contributed by atoms with van der Waals surface area (Å²) in [5.41, 5.74) is 4.60. The first-order chi connectivity index (χ1) is 14.7. The summed E-state index contributed by atoms with van der Waals surface area (Å²) in [4.78, 5) is 29.4. The summed E-state index contributed by atoms with van der Waals surface area (Å²) in [5, 5.41) is 15.4. The minimum atomic E-state index is -3.32. The molecule has 0 saturated carbocycles. The van der Waals surface area contributed by atoms with E-state index in [9.17, 15) is 27.9 Å². The lowest BCUT2D eigenvalue weighted by Gasteiger charge is -2.17. The van der Waals surface area contributed by atoms with Crippen molar-refractivity contribution in [3.8, 4) is 5.75 Å². The first-order valence-electron chi connectivity index (χ1n) is 9.33. The van der Waals surface area contributed by atoms with E-state index in [-0.39, 0.29) is 29.8 Å². The van der Waals surface area contributed by atoms with Gasteiger partial charge in [0.15, 0.2) is 5.75 Å². The van der Waals surface area contributed by atoms with Gasteiger partial charge >= 0.3 is 0 Å². The maximum atomic E-state index is 14.5. The highest BCUT2D eigenvalue weighted by Crippen LogP contribution is 2.36. The molecule has 0 aliphatic carbocycles. The van der Waals surface area contributed by atoms with Crippen molar-refractivity contribution in [3.63, 3.8) is 0 Å². The minimum absolute atomic E-state index is 0.0383. The fraction of sp³-hybridized carbons (Fsp3) is 0.250. The van der Waals surface area contributed by atoms with Gasteiger partial charge in [-0.1, -0.05) is 12.1 Å². The number of alkyl halides is 2. The Morgan fingerprint density at radius 3 is 2.71 bits per heavy atom. The molecule has 4 rings (SSSR count). The van der Waals surface area contributed by atoms with E-state index in [0.29, 0.717) is 11.1 Å². The molecule has 0 saturated heterocycles. The van der Waals surface area contributed by atoms with E-state index in [0.717, 1.165) is 4.57 Å². The second-order valence-electron chi connectivity index (χ2n) is 7.19. The third-order valence-electron chi connectivity index (χ3n) is 5.03. The Hall–Kier alpha value is -3.60. The van der Waals surface area contributed by atoms with Gasteiger partial charge in [0.25, 0.3) is 17.4 Å². The number of nitrogens with zero attached hydrogens (tertiary/aromatic N) is 2. The van der Waals surface area contributed by atoms with Crippen LogP contribution < -0.4 is 21.9 Å². The molecule has 0 atom stereocenters. The van der Waals surface area contributed by atoms with Gasteiger partial charge in [-0.3, -0.25) is 19.1 Å². The van der Waals surface area contributed by atoms with Gasteiger partial charge in [-0.15, -0.1) is 0 Å². The first kappa shape index (κ1) is 20.7. The van der Waals surface area contributed by atoms with E-state index in [1.807, 2.05) is 0 Å². The van der Waals surface area contributed by atoms with Gasteiger partial charge in [0.2, 0.25) is 0 Å². The minimum Gasteiger partial charge on any atom is -0.505 e. The summed E-state index contributed by atoms with van der Waals surface area (Å²) < 4.78 is 42.9. The Bertz CT molecular complexity index is 1240. The summed E-state index contributed by atoms with van der Waals surface area (Å²) in [5.74, 6) is -5.45. The van der Waals surface area contributed by atoms with Gasteiger partial charge in [-0.25, -0.2) is 13.2 Å². The smallest absolute Gasteiger partial charge is 0.282 e. The number of amides is 1. The van der Waals surface area contributed by atoms with Crippen molar-refractivity contribution in [1.29, 1.82) is 0 Å². The van der Waals surface area contributed by atoms with Crippen molar-refractivity contribution in [2.24, 2.45) is 5.73 Å². The fourth-order valence-electron chi connectivity index (χ4n) is 3.63. The number of nitrogens with two attached hydrogens (primary N) is 1. The summed E-state index contributed by atoms with van der Waals surface area (Å²) in [6, 6.07) is 5.63. The van der Waals surface area contributed by atoms with Crippen LogP contribution in [0.4, 0.5) is 18.9 Å². The number of benzene rings is 1. The summed E-state index contributed by atoms with van der Waals surface area (Å²) in [7, 11) is 0. The predicted octanol–water partition coefficient (Wildman–Crippen LogP) is 1.54. The normalized spacial score (nSPS) is 14.7. The zero-order valence-electron chi connectivity index (χ0n) is 16.1.